The smallest absolute Gasteiger partial charge is 0.220 e. The molecule has 0 heterocycles. The number of hydrogen-bond donors (Lipinski definition) is 2. The van der Waals surface area contributed by atoms with E-state index in [9.17, 15) is 13.2 Å². The van der Waals surface area contributed by atoms with Crippen LogP contribution in [0.2, 0.25) is 0 Å². The van der Waals surface area contributed by atoms with Crippen LogP contribution in [0.5, 0.6) is 0 Å². The number of sulfone groups is 1. The van der Waals surface area contributed by atoms with Crippen molar-refractivity contribution in [2.45, 2.75) is 44.7 Å². The normalized spacial score (nSPS) is 27.6. The van der Waals surface area contributed by atoms with Gasteiger partial charge in [0.25, 0.3) is 0 Å². The molecule has 0 bridgehead atoms. The van der Waals surface area contributed by atoms with Crippen LogP contribution in [0.3, 0.4) is 0 Å². The van der Waals surface area contributed by atoms with Crippen LogP contribution in [-0.2, 0) is 14.6 Å². The van der Waals surface area contributed by atoms with Gasteiger partial charge in [-0.1, -0.05) is 0 Å². The van der Waals surface area contributed by atoms with Crippen LogP contribution < -0.4 is 11.1 Å². The quantitative estimate of drug-likeness (QED) is 0.733. The predicted molar refractivity (Wildman–Crippen MR) is 67.2 cm³/mol. The van der Waals surface area contributed by atoms with E-state index >= 15 is 0 Å². The topological polar surface area (TPSA) is 89.3 Å². The zero-order valence-electron chi connectivity index (χ0n) is 10.5. The molecule has 5 nitrogen and oxygen atoms in total. The van der Waals surface area contributed by atoms with Crippen LogP contribution in [0, 0.1) is 5.92 Å². The van der Waals surface area contributed by atoms with Crippen molar-refractivity contribution in [3.8, 4) is 0 Å². The van der Waals surface area contributed by atoms with Gasteiger partial charge in [-0.2, -0.15) is 0 Å². The van der Waals surface area contributed by atoms with Crippen molar-refractivity contribution in [1.82, 2.24) is 5.32 Å². The van der Waals surface area contributed by atoms with E-state index in [0.717, 1.165) is 25.7 Å². The van der Waals surface area contributed by atoms with Gasteiger partial charge in [0.2, 0.25) is 5.91 Å². The number of carbonyl (C=O) groups is 1. The van der Waals surface area contributed by atoms with Gasteiger partial charge < -0.3 is 11.1 Å². The monoisotopic (exact) mass is 262 g/mol. The van der Waals surface area contributed by atoms with Crippen LogP contribution in [-0.4, -0.2) is 38.4 Å². The summed E-state index contributed by atoms with van der Waals surface area (Å²) in [6, 6.07) is 0.266. The number of carbonyl (C=O) groups excluding carboxylic acids is 1. The zero-order valence-corrected chi connectivity index (χ0v) is 11.3. The van der Waals surface area contributed by atoms with Gasteiger partial charge in [0.05, 0.1) is 5.75 Å². The molecule has 1 aliphatic rings. The summed E-state index contributed by atoms with van der Waals surface area (Å²) in [7, 11) is -2.93. The van der Waals surface area contributed by atoms with Gasteiger partial charge in [0.15, 0.2) is 0 Å². The van der Waals surface area contributed by atoms with E-state index in [-0.39, 0.29) is 23.6 Å². The summed E-state index contributed by atoms with van der Waals surface area (Å²) in [4.78, 5) is 11.0. The largest absolute Gasteiger partial charge is 0.369 e. The molecule has 1 saturated carbocycles. The van der Waals surface area contributed by atoms with Gasteiger partial charge in [-0.15, -0.1) is 0 Å². The fourth-order valence-electron chi connectivity index (χ4n) is 2.45. The van der Waals surface area contributed by atoms with Crippen LogP contribution in [0.15, 0.2) is 0 Å². The molecule has 0 saturated heterocycles. The summed E-state index contributed by atoms with van der Waals surface area (Å²) in [5, 5.41) is 3.30. The highest BCUT2D eigenvalue weighted by atomic mass is 32.2. The molecule has 100 valence electrons. The van der Waals surface area contributed by atoms with E-state index in [1.807, 2.05) is 6.92 Å². The average Bonchev–Trinajstić information content (AvgIpc) is 2.15. The zero-order chi connectivity index (χ0) is 13.1. The molecule has 0 aromatic rings. The Kier molecular flexibility index (Phi) is 4.94. The molecule has 1 fully saturated rings. The summed E-state index contributed by atoms with van der Waals surface area (Å²) >= 11 is 0. The third-order valence-corrected chi connectivity index (χ3v) is 4.31. The molecule has 0 spiro atoms. The fourth-order valence-corrected chi connectivity index (χ4v) is 3.45. The van der Waals surface area contributed by atoms with E-state index in [2.05, 4.69) is 5.32 Å². The summed E-state index contributed by atoms with van der Waals surface area (Å²) in [6.45, 7) is 1.88. The van der Waals surface area contributed by atoms with Gasteiger partial charge in [-0.05, 0) is 32.6 Å². The Morgan fingerprint density at radius 1 is 1.35 bits per heavy atom. The molecule has 0 radical (unpaired) electrons. The predicted octanol–water partition coefficient (Wildman–Crippen LogP) is 0.0532. The molecule has 1 amide bonds. The van der Waals surface area contributed by atoms with Crippen LogP contribution >= 0.6 is 0 Å². The highest BCUT2D eigenvalue weighted by Gasteiger charge is 2.25. The van der Waals surface area contributed by atoms with Gasteiger partial charge >= 0.3 is 0 Å². The minimum atomic E-state index is -2.93. The SMILES string of the molecule is CC(CS(C)(=O)=O)NC1CCC(C(N)=O)CC1. The third kappa shape index (κ3) is 5.50. The number of nitrogens with one attached hydrogen (secondary N) is 1. The first kappa shape index (κ1) is 14.4. The second-order valence-electron chi connectivity index (χ2n) is 5.11. The Morgan fingerprint density at radius 2 is 1.88 bits per heavy atom. The Bertz CT molecular complexity index is 359. The van der Waals surface area contributed by atoms with Gasteiger partial charge in [-0.25, -0.2) is 8.42 Å². The van der Waals surface area contributed by atoms with Crippen molar-refractivity contribution in [3.63, 3.8) is 0 Å². The molecule has 6 heteroatoms. The van der Waals surface area contributed by atoms with Crippen molar-refractivity contribution in [2.24, 2.45) is 11.7 Å². The van der Waals surface area contributed by atoms with E-state index in [1.54, 1.807) is 0 Å². The van der Waals surface area contributed by atoms with Crippen molar-refractivity contribution in [1.29, 1.82) is 0 Å². The number of nitrogens with two attached hydrogens (primary N) is 1. The van der Waals surface area contributed by atoms with Gasteiger partial charge in [-0.3, -0.25) is 4.79 Å². The fraction of sp³-hybridized carbons (Fsp3) is 0.909. The molecular formula is C11H22N2O3S. The van der Waals surface area contributed by atoms with Gasteiger partial charge in [0.1, 0.15) is 9.84 Å². The molecular weight excluding hydrogens is 240 g/mol. The Hall–Kier alpha value is -0.620. The van der Waals surface area contributed by atoms with Crippen molar-refractivity contribution in [3.05, 3.63) is 0 Å². The maximum atomic E-state index is 11.1. The minimum absolute atomic E-state index is 0.00161. The standard InChI is InChI=1S/C11H22N2O3S/c1-8(7-17(2,15)16)13-10-5-3-9(4-6-10)11(12)14/h8-10,13H,3-7H2,1-2H3,(H2,12,14). The molecule has 1 rings (SSSR count). The number of amides is 1. The molecule has 1 aliphatic carbocycles. The first-order chi connectivity index (χ1) is 7.78. The van der Waals surface area contributed by atoms with Crippen LogP contribution in [0.25, 0.3) is 0 Å². The molecule has 17 heavy (non-hydrogen) atoms. The lowest BCUT2D eigenvalue weighted by Gasteiger charge is -2.29. The van der Waals surface area contributed by atoms with E-state index < -0.39 is 9.84 Å². The Labute approximate surface area is 103 Å². The summed E-state index contributed by atoms with van der Waals surface area (Å²) < 4.78 is 22.2. The summed E-state index contributed by atoms with van der Waals surface area (Å²) in [5.41, 5.74) is 5.26. The highest BCUT2D eigenvalue weighted by molar-refractivity contribution is 7.90. The third-order valence-electron chi connectivity index (χ3n) is 3.20. The molecule has 1 atom stereocenters. The molecule has 0 aromatic heterocycles. The first-order valence-electron chi connectivity index (χ1n) is 6.01. The average molecular weight is 262 g/mol. The minimum Gasteiger partial charge on any atom is -0.369 e. The summed E-state index contributed by atoms with van der Waals surface area (Å²) in [6.07, 6.45) is 4.63. The molecule has 1 unspecified atom stereocenters. The van der Waals surface area contributed by atoms with Crippen LogP contribution in [0.1, 0.15) is 32.6 Å². The lowest BCUT2D eigenvalue weighted by Crippen LogP contribution is -2.43. The number of hydrogen-bond acceptors (Lipinski definition) is 4. The van der Waals surface area contributed by atoms with E-state index in [0.29, 0.717) is 6.04 Å². The second-order valence-corrected chi connectivity index (χ2v) is 7.30. The lowest BCUT2D eigenvalue weighted by atomic mass is 9.85. The maximum Gasteiger partial charge on any atom is 0.220 e. The summed E-state index contributed by atoms with van der Waals surface area (Å²) in [5.74, 6) is -0.0613. The molecule has 0 aliphatic heterocycles. The first-order valence-corrected chi connectivity index (χ1v) is 8.07. The van der Waals surface area contributed by atoms with E-state index in [1.165, 1.54) is 6.26 Å². The number of primary amides is 1. The lowest BCUT2D eigenvalue weighted by molar-refractivity contribution is -0.122. The maximum absolute atomic E-state index is 11.1. The van der Waals surface area contributed by atoms with Crippen molar-refractivity contribution >= 4 is 15.7 Å². The highest BCUT2D eigenvalue weighted by Crippen LogP contribution is 2.24. The van der Waals surface area contributed by atoms with Gasteiger partial charge in [0, 0.05) is 24.3 Å². The van der Waals surface area contributed by atoms with Crippen molar-refractivity contribution in [2.75, 3.05) is 12.0 Å². The Balaban J connectivity index is 2.33. The Morgan fingerprint density at radius 3 is 2.29 bits per heavy atom. The van der Waals surface area contributed by atoms with E-state index in [4.69, 9.17) is 5.73 Å². The number of rotatable bonds is 5. The second kappa shape index (κ2) is 5.82. The molecule has 3 N–H and O–H groups in total. The van der Waals surface area contributed by atoms with Crippen molar-refractivity contribution < 1.29 is 13.2 Å². The molecule has 0 aromatic carbocycles. The van der Waals surface area contributed by atoms with Crippen LogP contribution in [0.4, 0.5) is 0 Å².